The van der Waals surface area contributed by atoms with Crippen LogP contribution in [0.2, 0.25) is 0 Å². The van der Waals surface area contributed by atoms with Gasteiger partial charge in [0.2, 0.25) is 0 Å². The lowest BCUT2D eigenvalue weighted by Gasteiger charge is -2.11. The maximum atomic E-state index is 12.2. The zero-order chi connectivity index (χ0) is 15.1. The Morgan fingerprint density at radius 3 is 2.50 bits per heavy atom. The third kappa shape index (κ3) is 2.29. The number of amides is 2. The van der Waals surface area contributed by atoms with E-state index < -0.39 is 24.0 Å². The Labute approximate surface area is 109 Å². The molecule has 0 spiro atoms. The van der Waals surface area contributed by atoms with Crippen LogP contribution in [0.15, 0.2) is 12.1 Å². The lowest BCUT2D eigenvalue weighted by Crippen LogP contribution is -2.30. The van der Waals surface area contributed by atoms with Crippen LogP contribution in [0.3, 0.4) is 0 Å². The van der Waals surface area contributed by atoms with Gasteiger partial charge in [0.25, 0.3) is 5.91 Å². The summed E-state index contributed by atoms with van der Waals surface area (Å²) in [5, 5.41) is 12.8. The quantitative estimate of drug-likeness (QED) is 0.760. The van der Waals surface area contributed by atoms with E-state index in [4.69, 9.17) is 5.11 Å². The standard InChI is InChI=1S/C11H7F3N2O4/c12-11(13,14)10(20)16-6-2-1-4(9(18)19)5-3-15-8(17)7(5)6/h1-2H,3H2,(H,15,17)(H,16,20)(H,18,19). The van der Waals surface area contributed by atoms with Gasteiger partial charge >= 0.3 is 18.1 Å². The van der Waals surface area contributed by atoms with Crippen LogP contribution in [0.4, 0.5) is 18.9 Å². The molecule has 1 aliphatic heterocycles. The number of alkyl halides is 3. The molecule has 0 unspecified atom stereocenters. The molecule has 2 amide bonds. The maximum Gasteiger partial charge on any atom is 0.471 e. The van der Waals surface area contributed by atoms with E-state index in [0.717, 1.165) is 12.1 Å². The van der Waals surface area contributed by atoms with Crippen molar-refractivity contribution in [1.82, 2.24) is 5.32 Å². The summed E-state index contributed by atoms with van der Waals surface area (Å²) in [4.78, 5) is 33.4. The molecule has 1 aliphatic rings. The van der Waals surface area contributed by atoms with Gasteiger partial charge in [0.1, 0.15) is 0 Å². The summed E-state index contributed by atoms with van der Waals surface area (Å²) >= 11 is 0. The van der Waals surface area contributed by atoms with Crippen LogP contribution in [0.25, 0.3) is 0 Å². The van der Waals surface area contributed by atoms with Crippen LogP contribution in [0.5, 0.6) is 0 Å². The number of carboxylic acid groups (broad SMARTS) is 1. The average Bonchev–Trinajstić information content (AvgIpc) is 2.71. The normalized spacial score (nSPS) is 13.7. The van der Waals surface area contributed by atoms with Crippen LogP contribution >= 0.6 is 0 Å². The summed E-state index contributed by atoms with van der Waals surface area (Å²) in [5.41, 5.74) is -0.796. The second kappa shape index (κ2) is 4.51. The monoisotopic (exact) mass is 288 g/mol. The molecule has 0 bridgehead atoms. The first-order valence-electron chi connectivity index (χ1n) is 5.27. The smallest absolute Gasteiger partial charge is 0.471 e. The minimum absolute atomic E-state index is 0.0440. The fourth-order valence-corrected chi connectivity index (χ4v) is 1.85. The van der Waals surface area contributed by atoms with Gasteiger partial charge in [-0.25, -0.2) is 4.79 Å². The highest BCUT2D eigenvalue weighted by Crippen LogP contribution is 2.29. The van der Waals surface area contributed by atoms with E-state index in [2.05, 4.69) is 5.32 Å². The van der Waals surface area contributed by atoms with Crippen molar-refractivity contribution >= 4 is 23.5 Å². The number of carbonyl (C=O) groups excluding carboxylic acids is 2. The molecule has 0 aliphatic carbocycles. The van der Waals surface area contributed by atoms with Crippen molar-refractivity contribution < 1.29 is 32.7 Å². The number of anilines is 1. The second-order valence-electron chi connectivity index (χ2n) is 3.95. The van der Waals surface area contributed by atoms with Gasteiger partial charge in [-0.1, -0.05) is 0 Å². The first-order chi connectivity index (χ1) is 9.21. The first kappa shape index (κ1) is 13.8. The Hall–Kier alpha value is -2.58. The van der Waals surface area contributed by atoms with Gasteiger partial charge in [-0.2, -0.15) is 13.2 Å². The van der Waals surface area contributed by atoms with Crippen LogP contribution in [0.1, 0.15) is 26.3 Å². The summed E-state index contributed by atoms with van der Waals surface area (Å²) in [6, 6.07) is 1.99. The largest absolute Gasteiger partial charge is 0.478 e. The molecule has 20 heavy (non-hydrogen) atoms. The summed E-state index contributed by atoms with van der Waals surface area (Å²) in [7, 11) is 0. The molecule has 1 aromatic rings. The highest BCUT2D eigenvalue weighted by atomic mass is 19.4. The number of carboxylic acids is 1. The average molecular weight is 288 g/mol. The zero-order valence-corrected chi connectivity index (χ0v) is 9.67. The van der Waals surface area contributed by atoms with Crippen molar-refractivity contribution in [2.45, 2.75) is 12.7 Å². The maximum absolute atomic E-state index is 12.2. The summed E-state index contributed by atoms with van der Waals surface area (Å²) in [5.74, 6) is -4.28. The molecule has 0 aromatic heterocycles. The van der Waals surface area contributed by atoms with Crippen molar-refractivity contribution in [3.05, 3.63) is 28.8 Å². The number of hydrogen-bond donors (Lipinski definition) is 3. The van der Waals surface area contributed by atoms with E-state index in [-0.39, 0.29) is 28.9 Å². The predicted molar refractivity (Wildman–Crippen MR) is 59.3 cm³/mol. The van der Waals surface area contributed by atoms with Crippen molar-refractivity contribution in [3.63, 3.8) is 0 Å². The Morgan fingerprint density at radius 2 is 1.95 bits per heavy atom. The van der Waals surface area contributed by atoms with E-state index in [1.165, 1.54) is 0 Å². The molecular weight excluding hydrogens is 281 g/mol. The molecule has 3 N–H and O–H groups in total. The van der Waals surface area contributed by atoms with Crippen LogP contribution < -0.4 is 10.6 Å². The molecule has 0 radical (unpaired) electrons. The second-order valence-corrected chi connectivity index (χ2v) is 3.95. The van der Waals surface area contributed by atoms with Gasteiger partial charge in [-0.05, 0) is 12.1 Å². The van der Waals surface area contributed by atoms with Crippen LogP contribution in [-0.4, -0.2) is 29.1 Å². The number of halogens is 3. The van der Waals surface area contributed by atoms with Gasteiger partial charge < -0.3 is 15.7 Å². The topological polar surface area (TPSA) is 95.5 Å². The molecule has 106 valence electrons. The highest BCUT2D eigenvalue weighted by Gasteiger charge is 2.40. The van der Waals surface area contributed by atoms with Crippen molar-refractivity contribution in [3.8, 4) is 0 Å². The van der Waals surface area contributed by atoms with E-state index in [0.29, 0.717) is 0 Å². The van der Waals surface area contributed by atoms with Crippen molar-refractivity contribution in [2.24, 2.45) is 0 Å². The predicted octanol–water partition coefficient (Wildman–Crippen LogP) is 1.13. The van der Waals surface area contributed by atoms with E-state index in [9.17, 15) is 27.6 Å². The summed E-state index contributed by atoms with van der Waals surface area (Å²) in [6.45, 7) is -0.120. The number of hydrogen-bond acceptors (Lipinski definition) is 3. The molecule has 0 atom stereocenters. The lowest BCUT2D eigenvalue weighted by molar-refractivity contribution is -0.167. The number of carbonyl (C=O) groups is 3. The van der Waals surface area contributed by atoms with E-state index in [1.54, 1.807) is 5.32 Å². The fourth-order valence-electron chi connectivity index (χ4n) is 1.85. The molecule has 2 rings (SSSR count). The SMILES string of the molecule is O=C(O)c1ccc(NC(=O)C(F)(F)F)c2c1CNC2=O. The molecule has 0 fully saturated rings. The van der Waals surface area contributed by atoms with E-state index >= 15 is 0 Å². The number of benzene rings is 1. The fraction of sp³-hybridized carbons (Fsp3) is 0.182. The third-order valence-electron chi connectivity index (χ3n) is 2.70. The van der Waals surface area contributed by atoms with Gasteiger partial charge in [-0.15, -0.1) is 0 Å². The Kier molecular flexibility index (Phi) is 3.12. The lowest BCUT2D eigenvalue weighted by atomic mass is 10.0. The summed E-state index contributed by atoms with van der Waals surface area (Å²) in [6.07, 6.45) is -5.10. The Bertz CT molecular complexity index is 625. The third-order valence-corrected chi connectivity index (χ3v) is 2.70. The van der Waals surface area contributed by atoms with Crippen LogP contribution in [-0.2, 0) is 11.3 Å². The molecule has 1 aromatic carbocycles. The van der Waals surface area contributed by atoms with E-state index in [1.807, 2.05) is 0 Å². The van der Waals surface area contributed by atoms with Gasteiger partial charge in [0.05, 0.1) is 16.8 Å². The molecule has 0 saturated heterocycles. The number of nitrogens with one attached hydrogen (secondary N) is 2. The molecule has 9 heteroatoms. The Morgan fingerprint density at radius 1 is 1.30 bits per heavy atom. The van der Waals surface area contributed by atoms with Gasteiger partial charge in [0.15, 0.2) is 0 Å². The number of rotatable bonds is 2. The minimum atomic E-state index is -5.10. The molecule has 1 heterocycles. The molecule has 6 nitrogen and oxygen atoms in total. The van der Waals surface area contributed by atoms with Crippen molar-refractivity contribution in [1.29, 1.82) is 0 Å². The molecule has 0 saturated carbocycles. The minimum Gasteiger partial charge on any atom is -0.478 e. The highest BCUT2D eigenvalue weighted by molar-refractivity contribution is 6.10. The van der Waals surface area contributed by atoms with Crippen LogP contribution in [0, 0.1) is 0 Å². The van der Waals surface area contributed by atoms with Gasteiger partial charge in [0, 0.05) is 12.1 Å². The Balaban J connectivity index is 2.47. The van der Waals surface area contributed by atoms with Gasteiger partial charge in [-0.3, -0.25) is 9.59 Å². The summed E-state index contributed by atoms with van der Waals surface area (Å²) < 4.78 is 36.6. The van der Waals surface area contributed by atoms with Crippen molar-refractivity contribution in [2.75, 3.05) is 5.32 Å². The number of fused-ring (bicyclic) bond motifs is 1. The first-order valence-corrected chi connectivity index (χ1v) is 5.27. The molecular formula is C11H7F3N2O4. The zero-order valence-electron chi connectivity index (χ0n) is 9.67. The number of aromatic carboxylic acids is 1.